The van der Waals surface area contributed by atoms with Crippen LogP contribution in [0.2, 0.25) is 0 Å². The quantitative estimate of drug-likeness (QED) is 0.710. The maximum absolute atomic E-state index is 13.0. The van der Waals surface area contributed by atoms with Gasteiger partial charge in [0.1, 0.15) is 11.4 Å². The van der Waals surface area contributed by atoms with Gasteiger partial charge in [-0.3, -0.25) is 4.79 Å². The van der Waals surface area contributed by atoms with Gasteiger partial charge in [0.15, 0.2) is 0 Å². The number of ether oxygens (including phenoxy) is 1. The maximum atomic E-state index is 13.0. The van der Waals surface area contributed by atoms with Gasteiger partial charge in [-0.1, -0.05) is 54.4 Å². The number of amides is 1. The maximum Gasteiger partial charge on any atom is 0.235 e. The molecule has 1 amide bonds. The second-order valence-electron chi connectivity index (χ2n) is 9.22. The minimum atomic E-state index is -3.55. The van der Waals surface area contributed by atoms with Crippen LogP contribution in [-0.2, 0) is 21.4 Å². The Morgan fingerprint density at radius 2 is 1.78 bits per heavy atom. The fourth-order valence-corrected chi connectivity index (χ4v) is 5.57. The molecule has 7 heteroatoms. The summed E-state index contributed by atoms with van der Waals surface area (Å²) in [6.07, 6.45) is 7.30. The van der Waals surface area contributed by atoms with Gasteiger partial charge in [0.05, 0.1) is 18.8 Å². The van der Waals surface area contributed by atoms with Crippen molar-refractivity contribution in [3.05, 3.63) is 65.2 Å². The highest BCUT2D eigenvalue weighted by Gasteiger charge is 2.42. The number of rotatable bonds is 6. The number of fused-ring (bicyclic) bond motifs is 1. The Bertz CT molecular complexity index is 1060. The fraction of sp³-hybridized carbons (Fsp3) is 0.480. The van der Waals surface area contributed by atoms with Crippen LogP contribution in [0.25, 0.3) is 0 Å². The number of hydrogen-bond acceptors (Lipinski definition) is 4. The van der Waals surface area contributed by atoms with Crippen LogP contribution in [0.5, 0.6) is 5.75 Å². The van der Waals surface area contributed by atoms with Gasteiger partial charge in [-0.25, -0.2) is 8.42 Å². The highest BCUT2D eigenvalue weighted by atomic mass is 32.2. The van der Waals surface area contributed by atoms with Gasteiger partial charge in [-0.2, -0.15) is 4.31 Å². The predicted molar refractivity (Wildman–Crippen MR) is 125 cm³/mol. The van der Waals surface area contributed by atoms with Crippen molar-refractivity contribution in [3.63, 3.8) is 0 Å². The Hall–Kier alpha value is -2.38. The summed E-state index contributed by atoms with van der Waals surface area (Å²) in [5.41, 5.74) is 2.67. The second kappa shape index (κ2) is 9.24. The summed E-state index contributed by atoms with van der Waals surface area (Å²) >= 11 is 0. The van der Waals surface area contributed by atoms with Crippen LogP contribution in [0.1, 0.15) is 61.3 Å². The van der Waals surface area contributed by atoms with E-state index in [1.54, 1.807) is 0 Å². The molecule has 2 aromatic carbocycles. The molecule has 1 atom stereocenters. The molecule has 0 aromatic heterocycles. The molecule has 6 nitrogen and oxygen atoms in total. The fourth-order valence-electron chi connectivity index (χ4n) is 4.84. The zero-order valence-electron chi connectivity index (χ0n) is 18.8. The van der Waals surface area contributed by atoms with Gasteiger partial charge >= 0.3 is 0 Å². The van der Waals surface area contributed by atoms with Gasteiger partial charge in [0.25, 0.3) is 0 Å². The molecule has 1 fully saturated rings. The van der Waals surface area contributed by atoms with Crippen molar-refractivity contribution in [2.75, 3.05) is 12.8 Å². The van der Waals surface area contributed by atoms with Crippen molar-refractivity contribution in [2.45, 2.75) is 63.6 Å². The lowest BCUT2D eigenvalue weighted by Gasteiger charge is -2.44. The van der Waals surface area contributed by atoms with E-state index in [9.17, 15) is 13.2 Å². The number of aryl methyl sites for hydroxylation is 1. The molecule has 1 N–H and O–H groups in total. The Morgan fingerprint density at radius 3 is 2.47 bits per heavy atom. The van der Waals surface area contributed by atoms with Gasteiger partial charge in [-0.15, -0.1) is 0 Å². The van der Waals surface area contributed by atoms with Crippen LogP contribution in [0, 0.1) is 6.92 Å². The number of para-hydroxylation sites is 1. The zero-order chi connectivity index (χ0) is 22.8. The highest BCUT2D eigenvalue weighted by molar-refractivity contribution is 7.88. The van der Waals surface area contributed by atoms with Crippen LogP contribution >= 0.6 is 0 Å². The standard InChI is InChI=1S/C25H32N2O4S/c1-19-10-12-20(13-11-19)17-27(32(2,29)30)18-24(28)26-22-16-25(14-6-3-7-15-25)31-23-9-5-4-8-21(22)23/h4-5,8-13,22H,3,6-7,14-18H2,1-2H3,(H,26,28). The number of benzene rings is 2. The average Bonchev–Trinajstić information content (AvgIpc) is 2.74. The summed E-state index contributed by atoms with van der Waals surface area (Å²) in [6, 6.07) is 15.3. The molecule has 0 bridgehead atoms. The van der Waals surface area contributed by atoms with Crippen LogP contribution in [-0.4, -0.2) is 37.0 Å². The molecule has 1 spiro atoms. The topological polar surface area (TPSA) is 75.7 Å². The van der Waals surface area contributed by atoms with Crippen molar-refractivity contribution < 1.29 is 17.9 Å². The van der Waals surface area contributed by atoms with E-state index in [1.165, 1.54) is 10.7 Å². The lowest BCUT2D eigenvalue weighted by Crippen LogP contribution is -2.48. The van der Waals surface area contributed by atoms with Crippen molar-refractivity contribution in [1.82, 2.24) is 9.62 Å². The number of hydrogen-bond donors (Lipinski definition) is 1. The van der Waals surface area contributed by atoms with Crippen LogP contribution in [0.4, 0.5) is 0 Å². The van der Waals surface area contributed by atoms with E-state index in [1.807, 2.05) is 55.5 Å². The van der Waals surface area contributed by atoms with Crippen LogP contribution < -0.4 is 10.1 Å². The van der Waals surface area contributed by atoms with Crippen molar-refractivity contribution >= 4 is 15.9 Å². The summed E-state index contributed by atoms with van der Waals surface area (Å²) in [7, 11) is -3.55. The van der Waals surface area contributed by atoms with E-state index < -0.39 is 10.0 Å². The largest absolute Gasteiger partial charge is 0.487 e. The lowest BCUT2D eigenvalue weighted by molar-refractivity contribution is -0.123. The first-order chi connectivity index (χ1) is 15.2. The van der Waals surface area contributed by atoms with Gasteiger partial charge in [0.2, 0.25) is 15.9 Å². The molecule has 1 heterocycles. The van der Waals surface area contributed by atoms with Gasteiger partial charge in [-0.05, 0) is 44.2 Å². The minimum absolute atomic E-state index is 0.167. The van der Waals surface area contributed by atoms with Gasteiger partial charge < -0.3 is 10.1 Å². The average molecular weight is 457 g/mol. The predicted octanol–water partition coefficient (Wildman–Crippen LogP) is 4.10. The van der Waals surface area contributed by atoms with E-state index in [0.29, 0.717) is 6.42 Å². The van der Waals surface area contributed by atoms with E-state index in [2.05, 4.69) is 5.32 Å². The number of carbonyl (C=O) groups is 1. The second-order valence-corrected chi connectivity index (χ2v) is 11.2. The molecule has 1 saturated carbocycles. The SMILES string of the molecule is Cc1ccc(CN(CC(=O)NC2CC3(CCCCC3)Oc3ccccc32)S(C)(=O)=O)cc1. The molecule has 2 aliphatic rings. The third-order valence-corrected chi connectivity index (χ3v) is 7.76. The van der Waals surface area contributed by atoms with E-state index in [4.69, 9.17) is 4.74 Å². The van der Waals surface area contributed by atoms with E-state index in [-0.39, 0.29) is 30.6 Å². The summed E-state index contributed by atoms with van der Waals surface area (Å²) in [6.45, 7) is 1.94. The molecule has 172 valence electrons. The summed E-state index contributed by atoms with van der Waals surface area (Å²) in [5.74, 6) is 0.528. The number of nitrogens with one attached hydrogen (secondary N) is 1. The van der Waals surface area contributed by atoms with Crippen molar-refractivity contribution in [3.8, 4) is 5.75 Å². The zero-order valence-corrected chi connectivity index (χ0v) is 19.7. The Labute approximate surface area is 191 Å². The van der Waals surface area contributed by atoms with Crippen LogP contribution in [0.15, 0.2) is 48.5 Å². The molecule has 1 unspecified atom stereocenters. The first-order valence-corrected chi connectivity index (χ1v) is 13.2. The molecule has 2 aromatic rings. The summed E-state index contributed by atoms with van der Waals surface area (Å²) in [4.78, 5) is 13.0. The molecule has 4 rings (SSSR count). The van der Waals surface area contributed by atoms with E-state index in [0.717, 1.165) is 54.4 Å². The first-order valence-electron chi connectivity index (χ1n) is 11.3. The molecule has 1 aliphatic carbocycles. The van der Waals surface area contributed by atoms with Crippen molar-refractivity contribution in [1.29, 1.82) is 0 Å². The number of nitrogens with zero attached hydrogens (tertiary/aromatic N) is 1. The number of carbonyl (C=O) groups excluding carboxylic acids is 1. The minimum Gasteiger partial charge on any atom is -0.487 e. The molecule has 32 heavy (non-hydrogen) atoms. The number of sulfonamides is 1. The Balaban J connectivity index is 1.50. The Kier molecular flexibility index (Phi) is 6.58. The molecular weight excluding hydrogens is 424 g/mol. The van der Waals surface area contributed by atoms with Gasteiger partial charge in [0, 0.05) is 18.5 Å². The molecule has 1 aliphatic heterocycles. The third-order valence-electron chi connectivity index (χ3n) is 6.57. The monoisotopic (exact) mass is 456 g/mol. The molecule has 0 radical (unpaired) electrons. The van der Waals surface area contributed by atoms with Crippen LogP contribution in [0.3, 0.4) is 0 Å². The Morgan fingerprint density at radius 1 is 1.09 bits per heavy atom. The smallest absolute Gasteiger partial charge is 0.235 e. The lowest BCUT2D eigenvalue weighted by atomic mass is 9.77. The summed E-state index contributed by atoms with van der Waals surface area (Å²) < 4.78 is 32.5. The highest BCUT2D eigenvalue weighted by Crippen LogP contribution is 2.46. The van der Waals surface area contributed by atoms with Crippen molar-refractivity contribution in [2.24, 2.45) is 0 Å². The summed E-state index contributed by atoms with van der Waals surface area (Å²) in [5, 5.41) is 3.12. The van der Waals surface area contributed by atoms with E-state index >= 15 is 0 Å². The third kappa shape index (κ3) is 5.33. The normalized spacial score (nSPS) is 19.9. The molecular formula is C25H32N2O4S. The molecule has 0 saturated heterocycles. The first kappa shape index (κ1) is 22.8.